The minimum Gasteiger partial charge on any atom is -0.485 e. The number of rotatable bonds is 11. The Kier molecular flexibility index (Phi) is 10.4. The highest BCUT2D eigenvalue weighted by molar-refractivity contribution is 6.32. The van der Waals surface area contributed by atoms with Gasteiger partial charge in [-0.25, -0.2) is 0 Å². The van der Waals surface area contributed by atoms with Gasteiger partial charge in [-0.1, -0.05) is 60.8 Å². The monoisotopic (exact) mass is 592 g/mol. The summed E-state index contributed by atoms with van der Waals surface area (Å²) < 4.78 is 47.3. The summed E-state index contributed by atoms with van der Waals surface area (Å²) in [5.74, 6) is -2.01. The van der Waals surface area contributed by atoms with E-state index in [0.29, 0.717) is 29.0 Å². The molecule has 11 heteroatoms. The fourth-order valence-corrected chi connectivity index (χ4v) is 4.59. The van der Waals surface area contributed by atoms with Gasteiger partial charge in [0.15, 0.2) is 0 Å². The third-order valence-corrected chi connectivity index (χ3v) is 6.78. The van der Waals surface area contributed by atoms with Crippen LogP contribution in [0.1, 0.15) is 70.8 Å². The van der Waals surface area contributed by atoms with E-state index in [1.165, 1.54) is 6.07 Å². The number of ether oxygens (including phenoxy) is 1. The number of carboxylic acid groups (broad SMARTS) is 1. The van der Waals surface area contributed by atoms with Gasteiger partial charge < -0.3 is 15.2 Å². The molecule has 0 fully saturated rings. The molecule has 6 nitrogen and oxygen atoms in total. The molecule has 3 aromatic carbocycles. The number of nitrogens with one attached hydrogen (secondary N) is 1. The molecule has 3 rings (SSSR count). The van der Waals surface area contributed by atoms with Crippen molar-refractivity contribution in [3.63, 3.8) is 0 Å². The van der Waals surface area contributed by atoms with Crippen molar-refractivity contribution in [2.45, 2.75) is 44.4 Å². The van der Waals surface area contributed by atoms with E-state index in [-0.39, 0.29) is 30.2 Å². The number of carbonyl (C=O) groups excluding carboxylic acids is 1. The largest absolute Gasteiger partial charge is 0.485 e. The molecule has 40 heavy (non-hydrogen) atoms. The van der Waals surface area contributed by atoms with Gasteiger partial charge in [-0.15, -0.1) is 0 Å². The molecule has 2 N–H and O–H groups in total. The average molecular weight is 593 g/mol. The van der Waals surface area contributed by atoms with Gasteiger partial charge in [0, 0.05) is 23.0 Å². The zero-order valence-corrected chi connectivity index (χ0v) is 22.8. The molecule has 0 heterocycles. The van der Waals surface area contributed by atoms with Crippen LogP contribution in [0.5, 0.6) is 5.75 Å². The second-order valence-corrected chi connectivity index (χ2v) is 9.76. The van der Waals surface area contributed by atoms with Crippen LogP contribution in [0.25, 0.3) is 0 Å². The van der Waals surface area contributed by atoms with E-state index in [1.54, 1.807) is 54.6 Å². The van der Waals surface area contributed by atoms with Gasteiger partial charge in [-0.3, -0.25) is 9.59 Å². The van der Waals surface area contributed by atoms with Crippen LogP contribution < -0.4 is 10.1 Å². The molecule has 2 atom stereocenters. The molecule has 0 aliphatic rings. The Morgan fingerprint density at radius 2 is 1.68 bits per heavy atom. The van der Waals surface area contributed by atoms with Crippen molar-refractivity contribution in [2.24, 2.45) is 0 Å². The second-order valence-electron chi connectivity index (χ2n) is 8.95. The maximum Gasteiger partial charge on any atom is 0.418 e. The van der Waals surface area contributed by atoms with E-state index in [1.807, 2.05) is 6.92 Å². The number of amides is 1. The van der Waals surface area contributed by atoms with E-state index >= 15 is 0 Å². The number of carboxylic acids is 1. The van der Waals surface area contributed by atoms with Gasteiger partial charge in [0.05, 0.1) is 22.6 Å². The predicted octanol–water partition coefficient (Wildman–Crippen LogP) is 7.79. The van der Waals surface area contributed by atoms with Gasteiger partial charge in [0.1, 0.15) is 17.9 Å². The first-order valence-electron chi connectivity index (χ1n) is 12.3. The molecular weight excluding hydrogens is 568 g/mol. The van der Waals surface area contributed by atoms with Crippen molar-refractivity contribution in [2.75, 3.05) is 6.54 Å². The number of alkyl halides is 3. The molecule has 0 spiro atoms. The van der Waals surface area contributed by atoms with Crippen molar-refractivity contribution in [1.29, 1.82) is 5.26 Å². The fourth-order valence-electron chi connectivity index (χ4n) is 4.21. The molecule has 0 aliphatic carbocycles. The summed E-state index contributed by atoms with van der Waals surface area (Å²) in [4.78, 5) is 23.1. The SMILES string of the molecule is CCC[C@H](c1ccc(C(=O)NCCC(=O)O)cc1)C(Oc1cc(C#N)c(Cl)c(C(F)(F)F)c1)c1ccc(Cl)cc1. The number of benzene rings is 3. The van der Waals surface area contributed by atoms with Crippen molar-refractivity contribution >= 4 is 35.1 Å². The first-order chi connectivity index (χ1) is 18.9. The zero-order chi connectivity index (χ0) is 29.4. The minimum absolute atomic E-state index is 0.0213. The van der Waals surface area contributed by atoms with Gasteiger partial charge in [-0.2, -0.15) is 18.4 Å². The number of hydrogen-bond donors (Lipinski definition) is 2. The molecule has 0 saturated heterocycles. The summed E-state index contributed by atoms with van der Waals surface area (Å²) in [6.07, 6.45) is -4.53. The molecule has 3 aromatic rings. The van der Waals surface area contributed by atoms with Crippen molar-refractivity contribution < 1.29 is 32.6 Å². The second kappa shape index (κ2) is 13.6. The summed E-state index contributed by atoms with van der Waals surface area (Å²) in [5, 5.41) is 20.5. The highest BCUT2D eigenvalue weighted by Crippen LogP contribution is 2.43. The molecule has 0 bridgehead atoms. The normalized spacial score (nSPS) is 12.7. The number of aliphatic carboxylic acids is 1. The van der Waals surface area contributed by atoms with E-state index in [4.69, 9.17) is 33.0 Å². The van der Waals surface area contributed by atoms with Crippen LogP contribution in [0, 0.1) is 11.3 Å². The first kappa shape index (κ1) is 30.8. The van der Waals surface area contributed by atoms with Crippen LogP contribution in [0.4, 0.5) is 13.2 Å². The first-order valence-corrected chi connectivity index (χ1v) is 13.0. The lowest BCUT2D eigenvalue weighted by molar-refractivity contribution is -0.138. The molecule has 0 aliphatic heterocycles. The van der Waals surface area contributed by atoms with Crippen LogP contribution in [0.3, 0.4) is 0 Å². The summed E-state index contributed by atoms with van der Waals surface area (Å²) >= 11 is 11.9. The smallest absolute Gasteiger partial charge is 0.418 e. The van der Waals surface area contributed by atoms with Gasteiger partial charge in [-0.05, 0) is 53.9 Å². The number of carbonyl (C=O) groups is 2. The fraction of sp³-hybridized carbons (Fsp3) is 0.276. The third kappa shape index (κ3) is 7.90. The topological polar surface area (TPSA) is 99.4 Å². The van der Waals surface area contributed by atoms with Crippen molar-refractivity contribution in [1.82, 2.24) is 5.32 Å². The Hall–Kier alpha value is -3.74. The van der Waals surface area contributed by atoms with Crippen LogP contribution in [0.15, 0.2) is 60.7 Å². The Balaban J connectivity index is 2.02. The summed E-state index contributed by atoms with van der Waals surface area (Å²) in [6.45, 7) is 1.93. The Morgan fingerprint density at radius 3 is 2.23 bits per heavy atom. The van der Waals surface area contributed by atoms with E-state index in [2.05, 4.69) is 5.32 Å². The van der Waals surface area contributed by atoms with Crippen LogP contribution in [0.2, 0.25) is 10.0 Å². The summed E-state index contributed by atoms with van der Waals surface area (Å²) in [7, 11) is 0. The maximum absolute atomic E-state index is 13.7. The summed E-state index contributed by atoms with van der Waals surface area (Å²) in [5.41, 5.74) is 0.171. The zero-order valence-electron chi connectivity index (χ0n) is 21.3. The van der Waals surface area contributed by atoms with Crippen LogP contribution >= 0.6 is 23.2 Å². The molecule has 210 valence electrons. The van der Waals surface area contributed by atoms with Gasteiger partial charge in [0.25, 0.3) is 5.91 Å². The minimum atomic E-state index is -4.80. The van der Waals surface area contributed by atoms with E-state index in [0.717, 1.165) is 11.6 Å². The molecular formula is C29H25Cl2F3N2O4. The average Bonchev–Trinajstić information content (AvgIpc) is 2.91. The van der Waals surface area contributed by atoms with Gasteiger partial charge in [0.2, 0.25) is 0 Å². The lowest BCUT2D eigenvalue weighted by Gasteiger charge is -2.29. The number of nitrogens with zero attached hydrogens (tertiary/aromatic N) is 1. The highest BCUT2D eigenvalue weighted by Gasteiger charge is 2.36. The predicted molar refractivity (Wildman–Crippen MR) is 145 cm³/mol. The number of nitriles is 1. The third-order valence-electron chi connectivity index (χ3n) is 6.12. The summed E-state index contributed by atoms with van der Waals surface area (Å²) in [6, 6.07) is 17.0. The van der Waals surface area contributed by atoms with Gasteiger partial charge >= 0.3 is 12.1 Å². The Morgan fingerprint density at radius 1 is 1.05 bits per heavy atom. The Bertz CT molecular complexity index is 1390. The van der Waals surface area contributed by atoms with Crippen LogP contribution in [-0.4, -0.2) is 23.5 Å². The maximum atomic E-state index is 13.7. The Labute approximate surface area is 239 Å². The number of halogens is 5. The number of hydrogen-bond acceptors (Lipinski definition) is 4. The molecule has 0 aromatic heterocycles. The standard InChI is InChI=1S/C29H25Cl2F3N2O4/c1-2-3-23(17-4-6-19(7-5-17)28(39)36-13-12-25(37)38)27(18-8-10-21(30)11-9-18)40-22-14-20(16-35)26(31)24(15-22)29(32,33)34/h4-11,14-15,23,27H,2-3,12-13H2,1H3,(H,36,39)(H,37,38)/t23-,27?/m1/s1. The van der Waals surface area contributed by atoms with E-state index < -0.39 is 34.7 Å². The molecule has 1 amide bonds. The molecule has 0 radical (unpaired) electrons. The molecule has 1 unspecified atom stereocenters. The lowest BCUT2D eigenvalue weighted by atomic mass is 9.85. The highest BCUT2D eigenvalue weighted by atomic mass is 35.5. The molecule has 0 saturated carbocycles. The van der Waals surface area contributed by atoms with Crippen molar-refractivity contribution in [3.05, 3.63) is 98.5 Å². The lowest BCUT2D eigenvalue weighted by Crippen LogP contribution is -2.26. The van der Waals surface area contributed by atoms with Crippen LogP contribution in [-0.2, 0) is 11.0 Å². The van der Waals surface area contributed by atoms with E-state index in [9.17, 15) is 28.0 Å². The quantitative estimate of drug-likeness (QED) is 0.237. The van der Waals surface area contributed by atoms with Crippen molar-refractivity contribution in [3.8, 4) is 11.8 Å².